The van der Waals surface area contributed by atoms with Crippen LogP contribution < -0.4 is 10.6 Å². The van der Waals surface area contributed by atoms with Gasteiger partial charge in [0.2, 0.25) is 0 Å². The first-order valence-electron chi connectivity index (χ1n) is 7.01. The van der Waals surface area contributed by atoms with E-state index in [1.807, 2.05) is 12.3 Å². The van der Waals surface area contributed by atoms with Crippen LogP contribution in [0.3, 0.4) is 0 Å². The standard InChI is InChI=1S/C15H25N3/c1-4-13(16)11-12-7-5-9-17-14(12)18-10-6-8-15(18,2)3/h5,7,9,13H,4,6,8,10-11,16H2,1-3H3. The molecule has 1 aliphatic rings. The zero-order valence-electron chi connectivity index (χ0n) is 11.8. The minimum atomic E-state index is 0.222. The molecule has 0 spiro atoms. The Hall–Kier alpha value is -1.09. The SMILES string of the molecule is CCC(N)Cc1cccnc1N1CCCC1(C)C. The fourth-order valence-electron chi connectivity index (χ4n) is 2.76. The van der Waals surface area contributed by atoms with Crippen molar-refractivity contribution in [1.82, 2.24) is 4.98 Å². The summed E-state index contributed by atoms with van der Waals surface area (Å²) in [6, 6.07) is 4.43. The molecule has 100 valence electrons. The molecule has 2 N–H and O–H groups in total. The van der Waals surface area contributed by atoms with Gasteiger partial charge in [-0.25, -0.2) is 4.98 Å². The first-order chi connectivity index (χ1) is 8.54. The quantitative estimate of drug-likeness (QED) is 0.889. The molecule has 3 nitrogen and oxygen atoms in total. The molecule has 0 aromatic carbocycles. The van der Waals surface area contributed by atoms with Gasteiger partial charge < -0.3 is 10.6 Å². The lowest BCUT2D eigenvalue weighted by molar-refractivity contribution is 0.511. The number of nitrogens with two attached hydrogens (primary N) is 1. The Morgan fingerprint density at radius 2 is 2.28 bits per heavy atom. The highest BCUT2D eigenvalue weighted by molar-refractivity contribution is 5.50. The van der Waals surface area contributed by atoms with E-state index < -0.39 is 0 Å². The normalized spacial score (nSPS) is 20.1. The molecule has 3 heteroatoms. The van der Waals surface area contributed by atoms with Gasteiger partial charge in [-0.1, -0.05) is 13.0 Å². The molecule has 1 fully saturated rings. The Labute approximate surface area is 110 Å². The van der Waals surface area contributed by atoms with E-state index in [9.17, 15) is 0 Å². The van der Waals surface area contributed by atoms with Gasteiger partial charge in [0.1, 0.15) is 5.82 Å². The molecule has 1 aromatic rings. The zero-order valence-corrected chi connectivity index (χ0v) is 11.8. The van der Waals surface area contributed by atoms with Crippen LogP contribution in [-0.4, -0.2) is 23.1 Å². The summed E-state index contributed by atoms with van der Waals surface area (Å²) in [7, 11) is 0. The molecule has 0 saturated carbocycles. The molecule has 0 amide bonds. The lowest BCUT2D eigenvalue weighted by atomic mass is 10.00. The third-order valence-corrected chi connectivity index (χ3v) is 4.03. The highest BCUT2D eigenvalue weighted by atomic mass is 15.3. The van der Waals surface area contributed by atoms with Crippen molar-refractivity contribution in [2.75, 3.05) is 11.4 Å². The average Bonchev–Trinajstić information content (AvgIpc) is 2.69. The molecule has 2 rings (SSSR count). The maximum atomic E-state index is 6.09. The van der Waals surface area contributed by atoms with E-state index in [-0.39, 0.29) is 11.6 Å². The van der Waals surface area contributed by atoms with Crippen LogP contribution in [0.5, 0.6) is 0 Å². The molecule has 1 unspecified atom stereocenters. The lowest BCUT2D eigenvalue weighted by Gasteiger charge is -2.34. The van der Waals surface area contributed by atoms with Crippen molar-refractivity contribution in [3.8, 4) is 0 Å². The third-order valence-electron chi connectivity index (χ3n) is 4.03. The molecular weight excluding hydrogens is 222 g/mol. The van der Waals surface area contributed by atoms with Crippen LogP contribution in [0, 0.1) is 0 Å². The van der Waals surface area contributed by atoms with E-state index in [1.54, 1.807) is 0 Å². The van der Waals surface area contributed by atoms with Crippen LogP contribution >= 0.6 is 0 Å². The first-order valence-corrected chi connectivity index (χ1v) is 7.01. The molecule has 1 atom stereocenters. The van der Waals surface area contributed by atoms with Crippen molar-refractivity contribution in [2.24, 2.45) is 5.73 Å². The van der Waals surface area contributed by atoms with Gasteiger partial charge >= 0.3 is 0 Å². The van der Waals surface area contributed by atoms with Crippen molar-refractivity contribution in [3.05, 3.63) is 23.9 Å². The van der Waals surface area contributed by atoms with E-state index in [2.05, 4.69) is 36.7 Å². The minimum absolute atomic E-state index is 0.222. The number of anilines is 1. The predicted octanol–water partition coefficient (Wildman–Crippen LogP) is 2.74. The topological polar surface area (TPSA) is 42.1 Å². The van der Waals surface area contributed by atoms with Crippen molar-refractivity contribution < 1.29 is 0 Å². The number of nitrogens with zero attached hydrogens (tertiary/aromatic N) is 2. The molecule has 1 aromatic heterocycles. The second-order valence-electron chi connectivity index (χ2n) is 5.93. The van der Waals surface area contributed by atoms with Gasteiger partial charge in [-0.05, 0) is 51.2 Å². The molecule has 18 heavy (non-hydrogen) atoms. The average molecular weight is 247 g/mol. The van der Waals surface area contributed by atoms with E-state index in [4.69, 9.17) is 5.73 Å². The van der Waals surface area contributed by atoms with Gasteiger partial charge in [-0.2, -0.15) is 0 Å². The van der Waals surface area contributed by atoms with Crippen LogP contribution in [0.1, 0.15) is 45.6 Å². The third kappa shape index (κ3) is 2.66. The van der Waals surface area contributed by atoms with E-state index in [0.29, 0.717) is 0 Å². The number of pyridine rings is 1. The highest BCUT2D eigenvalue weighted by Crippen LogP contribution is 2.34. The van der Waals surface area contributed by atoms with Gasteiger partial charge in [0, 0.05) is 24.3 Å². The Bertz CT molecular complexity index is 400. The lowest BCUT2D eigenvalue weighted by Crippen LogP contribution is -2.39. The Balaban J connectivity index is 2.27. The molecule has 0 radical (unpaired) electrons. The van der Waals surface area contributed by atoms with E-state index in [1.165, 1.54) is 18.4 Å². The molecule has 0 bridgehead atoms. The fourth-order valence-corrected chi connectivity index (χ4v) is 2.76. The summed E-state index contributed by atoms with van der Waals surface area (Å²) >= 11 is 0. The Morgan fingerprint density at radius 3 is 2.89 bits per heavy atom. The number of aromatic nitrogens is 1. The maximum Gasteiger partial charge on any atom is 0.132 e. The summed E-state index contributed by atoms with van der Waals surface area (Å²) < 4.78 is 0. The predicted molar refractivity (Wildman–Crippen MR) is 76.9 cm³/mol. The van der Waals surface area contributed by atoms with Crippen LogP contribution in [0.25, 0.3) is 0 Å². The molecule has 1 saturated heterocycles. The largest absolute Gasteiger partial charge is 0.351 e. The number of hydrogen-bond donors (Lipinski definition) is 1. The summed E-state index contributed by atoms with van der Waals surface area (Å²) in [5, 5.41) is 0. The molecule has 0 aliphatic carbocycles. The van der Waals surface area contributed by atoms with Crippen molar-refractivity contribution >= 4 is 5.82 Å². The number of rotatable bonds is 4. The molecule has 2 heterocycles. The van der Waals surface area contributed by atoms with Gasteiger partial charge in [-0.3, -0.25) is 0 Å². The van der Waals surface area contributed by atoms with Gasteiger partial charge in [-0.15, -0.1) is 0 Å². The zero-order chi connectivity index (χ0) is 13.2. The summed E-state index contributed by atoms with van der Waals surface area (Å²) in [6.07, 6.45) is 6.32. The molecular formula is C15H25N3. The summed E-state index contributed by atoms with van der Waals surface area (Å²) in [5.41, 5.74) is 7.61. The fraction of sp³-hybridized carbons (Fsp3) is 0.667. The van der Waals surface area contributed by atoms with E-state index in [0.717, 1.165) is 25.2 Å². The monoisotopic (exact) mass is 247 g/mol. The van der Waals surface area contributed by atoms with Crippen LogP contribution in [0.15, 0.2) is 18.3 Å². The van der Waals surface area contributed by atoms with Gasteiger partial charge in [0.05, 0.1) is 0 Å². The summed E-state index contributed by atoms with van der Waals surface area (Å²) in [6.45, 7) is 7.86. The van der Waals surface area contributed by atoms with Crippen LogP contribution in [-0.2, 0) is 6.42 Å². The maximum absolute atomic E-state index is 6.09. The van der Waals surface area contributed by atoms with Crippen LogP contribution in [0.4, 0.5) is 5.82 Å². The minimum Gasteiger partial charge on any atom is -0.351 e. The first kappa shape index (κ1) is 13.3. The summed E-state index contributed by atoms with van der Waals surface area (Å²) in [4.78, 5) is 7.06. The van der Waals surface area contributed by atoms with Crippen molar-refractivity contribution in [1.29, 1.82) is 0 Å². The Morgan fingerprint density at radius 1 is 1.50 bits per heavy atom. The molecule has 1 aliphatic heterocycles. The van der Waals surface area contributed by atoms with Gasteiger partial charge in [0.25, 0.3) is 0 Å². The van der Waals surface area contributed by atoms with Gasteiger partial charge in [0.15, 0.2) is 0 Å². The number of hydrogen-bond acceptors (Lipinski definition) is 3. The van der Waals surface area contributed by atoms with Crippen LogP contribution in [0.2, 0.25) is 0 Å². The smallest absolute Gasteiger partial charge is 0.132 e. The highest BCUT2D eigenvalue weighted by Gasteiger charge is 2.33. The second-order valence-corrected chi connectivity index (χ2v) is 5.93. The Kier molecular flexibility index (Phi) is 3.91. The second kappa shape index (κ2) is 5.27. The van der Waals surface area contributed by atoms with E-state index >= 15 is 0 Å². The van der Waals surface area contributed by atoms with Crippen molar-refractivity contribution in [3.63, 3.8) is 0 Å². The summed E-state index contributed by atoms with van der Waals surface area (Å²) in [5.74, 6) is 1.14. The van der Waals surface area contributed by atoms with Crippen molar-refractivity contribution in [2.45, 2.75) is 58.0 Å².